The van der Waals surface area contributed by atoms with E-state index >= 15 is 0 Å². The molecule has 0 aliphatic heterocycles. The first-order chi connectivity index (χ1) is 9.79. The molecule has 3 atom stereocenters. The molecule has 120 valence electrons. The van der Waals surface area contributed by atoms with Gasteiger partial charge in [-0.3, -0.25) is 0 Å². The molecule has 0 aromatic carbocycles. The molecule has 1 aromatic rings. The van der Waals surface area contributed by atoms with E-state index in [1.54, 1.807) is 0 Å². The third kappa shape index (κ3) is 4.27. The van der Waals surface area contributed by atoms with E-state index in [0.717, 1.165) is 25.1 Å². The van der Waals surface area contributed by atoms with Crippen LogP contribution in [0.2, 0.25) is 0 Å². The van der Waals surface area contributed by atoms with Crippen LogP contribution in [0, 0.1) is 12.8 Å². The van der Waals surface area contributed by atoms with Crippen molar-refractivity contribution in [1.82, 2.24) is 10.3 Å². The Labute approximate surface area is 133 Å². The highest BCUT2D eigenvalue weighted by Gasteiger charge is 2.25. The lowest BCUT2D eigenvalue weighted by Gasteiger charge is -2.28. The number of hydrogen-bond acceptors (Lipinski definition) is 4. The van der Waals surface area contributed by atoms with E-state index in [1.807, 2.05) is 11.3 Å². The van der Waals surface area contributed by atoms with Crippen LogP contribution in [0.5, 0.6) is 0 Å². The van der Waals surface area contributed by atoms with Crippen LogP contribution in [0.15, 0.2) is 0 Å². The van der Waals surface area contributed by atoms with Gasteiger partial charge in [-0.2, -0.15) is 0 Å². The molecule has 0 bridgehead atoms. The highest BCUT2D eigenvalue weighted by atomic mass is 32.1. The molecule has 2 rings (SSSR count). The molecule has 1 aliphatic carbocycles. The van der Waals surface area contributed by atoms with Gasteiger partial charge >= 0.3 is 0 Å². The summed E-state index contributed by atoms with van der Waals surface area (Å²) in [6.07, 6.45) is 4.43. The van der Waals surface area contributed by atoms with Gasteiger partial charge in [0.2, 0.25) is 0 Å². The normalized spacial score (nSPS) is 25.0. The Kier molecular flexibility index (Phi) is 5.44. The summed E-state index contributed by atoms with van der Waals surface area (Å²) in [6, 6.07) is 0.313. The molecule has 1 saturated carbocycles. The fourth-order valence-electron chi connectivity index (χ4n) is 2.98. The third-order valence-corrected chi connectivity index (χ3v) is 6.19. The van der Waals surface area contributed by atoms with Gasteiger partial charge in [0.15, 0.2) is 0 Å². The zero-order valence-corrected chi connectivity index (χ0v) is 14.9. The van der Waals surface area contributed by atoms with Crippen LogP contribution in [0.4, 0.5) is 0 Å². The van der Waals surface area contributed by atoms with Crippen molar-refractivity contribution in [2.45, 2.75) is 77.9 Å². The minimum absolute atomic E-state index is 0.118. The first-order valence-electron chi connectivity index (χ1n) is 8.18. The minimum Gasteiger partial charge on any atom is -0.393 e. The molecule has 1 fully saturated rings. The van der Waals surface area contributed by atoms with Crippen molar-refractivity contribution in [1.29, 1.82) is 0 Å². The largest absolute Gasteiger partial charge is 0.393 e. The fraction of sp³-hybridized carbons (Fsp3) is 0.824. The molecule has 0 spiro atoms. The Balaban J connectivity index is 1.97. The number of aliphatic hydroxyl groups is 1. The Morgan fingerprint density at radius 3 is 2.57 bits per heavy atom. The van der Waals surface area contributed by atoms with Crippen molar-refractivity contribution in [3.8, 4) is 0 Å². The maximum absolute atomic E-state index is 10.1. The number of aliphatic hydroxyl groups excluding tert-OH is 1. The SMILES string of the molecule is Cc1nc(C(C)(C)C)sc1C(C)NCC1CCCCC1O. The van der Waals surface area contributed by atoms with Crippen molar-refractivity contribution >= 4 is 11.3 Å². The summed E-state index contributed by atoms with van der Waals surface area (Å²) in [5.41, 5.74) is 1.27. The minimum atomic E-state index is -0.119. The Bertz CT molecular complexity index is 464. The predicted octanol–water partition coefficient (Wildman–Crippen LogP) is 3.95. The summed E-state index contributed by atoms with van der Waals surface area (Å²) in [5.74, 6) is 0.413. The predicted molar refractivity (Wildman–Crippen MR) is 89.9 cm³/mol. The van der Waals surface area contributed by atoms with E-state index in [1.165, 1.54) is 22.7 Å². The fourth-order valence-corrected chi connectivity index (χ4v) is 4.13. The lowest BCUT2D eigenvalue weighted by Crippen LogP contribution is -2.34. The van der Waals surface area contributed by atoms with Crippen molar-refractivity contribution < 1.29 is 5.11 Å². The Morgan fingerprint density at radius 1 is 1.33 bits per heavy atom. The monoisotopic (exact) mass is 310 g/mol. The van der Waals surface area contributed by atoms with Gasteiger partial charge in [-0.05, 0) is 32.6 Å². The van der Waals surface area contributed by atoms with Gasteiger partial charge in [0.1, 0.15) is 0 Å². The standard InChI is InChI=1S/C17H30N2OS/c1-11(18-10-13-8-6-7-9-14(13)20)15-12(2)19-16(21-15)17(3,4)5/h11,13-14,18,20H,6-10H2,1-5H3. The molecule has 3 nitrogen and oxygen atoms in total. The van der Waals surface area contributed by atoms with Crippen molar-refractivity contribution in [3.05, 3.63) is 15.6 Å². The Hall–Kier alpha value is -0.450. The average Bonchev–Trinajstić information content (AvgIpc) is 2.80. The maximum Gasteiger partial charge on any atom is 0.0985 e. The lowest BCUT2D eigenvalue weighted by molar-refractivity contribution is 0.0684. The number of aromatic nitrogens is 1. The van der Waals surface area contributed by atoms with Gasteiger partial charge in [0.25, 0.3) is 0 Å². The maximum atomic E-state index is 10.1. The van der Waals surface area contributed by atoms with E-state index in [-0.39, 0.29) is 11.5 Å². The highest BCUT2D eigenvalue weighted by molar-refractivity contribution is 7.12. The van der Waals surface area contributed by atoms with Gasteiger partial charge in [-0.25, -0.2) is 4.98 Å². The van der Waals surface area contributed by atoms with Gasteiger partial charge in [-0.15, -0.1) is 11.3 Å². The van der Waals surface area contributed by atoms with Crippen LogP contribution >= 0.6 is 11.3 Å². The second-order valence-electron chi connectivity index (χ2n) is 7.46. The van der Waals surface area contributed by atoms with Gasteiger partial charge in [0, 0.05) is 22.9 Å². The van der Waals surface area contributed by atoms with Crippen LogP contribution in [0.25, 0.3) is 0 Å². The molecular weight excluding hydrogens is 280 g/mol. The molecule has 21 heavy (non-hydrogen) atoms. The van der Waals surface area contributed by atoms with E-state index in [2.05, 4.69) is 39.9 Å². The van der Waals surface area contributed by atoms with Crippen molar-refractivity contribution in [2.24, 2.45) is 5.92 Å². The number of rotatable bonds is 4. The smallest absolute Gasteiger partial charge is 0.0985 e. The molecule has 2 N–H and O–H groups in total. The molecule has 0 radical (unpaired) electrons. The van der Waals surface area contributed by atoms with Crippen molar-refractivity contribution in [3.63, 3.8) is 0 Å². The van der Waals surface area contributed by atoms with Gasteiger partial charge < -0.3 is 10.4 Å². The lowest BCUT2D eigenvalue weighted by atomic mass is 9.86. The summed E-state index contributed by atoms with van der Waals surface area (Å²) < 4.78 is 0. The first-order valence-corrected chi connectivity index (χ1v) is 9.00. The zero-order valence-electron chi connectivity index (χ0n) is 14.1. The number of nitrogens with zero attached hydrogens (tertiary/aromatic N) is 1. The topological polar surface area (TPSA) is 45.2 Å². The van der Waals surface area contributed by atoms with E-state index in [0.29, 0.717) is 12.0 Å². The van der Waals surface area contributed by atoms with Crippen LogP contribution in [0.3, 0.4) is 0 Å². The molecule has 1 aromatic heterocycles. The van der Waals surface area contributed by atoms with Gasteiger partial charge in [-0.1, -0.05) is 33.6 Å². The summed E-state index contributed by atoms with van der Waals surface area (Å²) in [6.45, 7) is 11.9. The van der Waals surface area contributed by atoms with E-state index in [4.69, 9.17) is 4.98 Å². The van der Waals surface area contributed by atoms with E-state index in [9.17, 15) is 5.11 Å². The molecule has 3 unspecified atom stereocenters. The highest BCUT2D eigenvalue weighted by Crippen LogP contribution is 2.33. The summed E-state index contributed by atoms with van der Waals surface area (Å²) in [4.78, 5) is 6.08. The first kappa shape index (κ1) is 16.9. The Morgan fingerprint density at radius 2 is 2.00 bits per heavy atom. The molecule has 4 heteroatoms. The van der Waals surface area contributed by atoms with Crippen LogP contribution < -0.4 is 5.32 Å². The summed E-state index contributed by atoms with van der Waals surface area (Å²) in [7, 11) is 0. The van der Waals surface area contributed by atoms with Crippen LogP contribution in [-0.4, -0.2) is 22.7 Å². The summed E-state index contributed by atoms with van der Waals surface area (Å²) in [5, 5.41) is 14.9. The molecule has 1 heterocycles. The molecule has 1 aliphatic rings. The molecule has 0 saturated heterocycles. The number of nitrogens with one attached hydrogen (secondary N) is 1. The molecular formula is C17H30N2OS. The number of thiazole rings is 1. The van der Waals surface area contributed by atoms with E-state index < -0.39 is 0 Å². The summed E-state index contributed by atoms with van der Waals surface area (Å²) >= 11 is 1.83. The number of aryl methyl sites for hydroxylation is 1. The quantitative estimate of drug-likeness (QED) is 0.885. The molecule has 0 amide bonds. The average molecular weight is 311 g/mol. The van der Waals surface area contributed by atoms with Crippen LogP contribution in [-0.2, 0) is 5.41 Å². The number of hydrogen-bond donors (Lipinski definition) is 2. The zero-order chi connectivity index (χ0) is 15.6. The van der Waals surface area contributed by atoms with Crippen LogP contribution in [0.1, 0.15) is 75.0 Å². The second kappa shape index (κ2) is 6.76. The second-order valence-corrected chi connectivity index (χ2v) is 8.49. The van der Waals surface area contributed by atoms with Gasteiger partial charge in [0.05, 0.1) is 16.8 Å². The third-order valence-electron chi connectivity index (χ3n) is 4.42. The van der Waals surface area contributed by atoms with Crippen molar-refractivity contribution in [2.75, 3.05) is 6.54 Å².